The molecule has 1 amide bonds. The smallest absolute Gasteiger partial charge is 0.231 e. The molecule has 0 aliphatic carbocycles. The Morgan fingerprint density at radius 1 is 1.11 bits per heavy atom. The monoisotopic (exact) mass is 491 g/mol. The number of nitrogens with zero attached hydrogens (tertiary/aromatic N) is 6. The lowest BCUT2D eigenvalue weighted by molar-refractivity contribution is -0.120. The highest BCUT2D eigenvalue weighted by atomic mass is 35.5. The summed E-state index contributed by atoms with van der Waals surface area (Å²) < 4.78 is 7.61. The Morgan fingerprint density at radius 2 is 2.06 bits per heavy atom. The van der Waals surface area contributed by atoms with Crippen molar-refractivity contribution in [3.63, 3.8) is 0 Å². The minimum Gasteiger partial charge on any atom is -0.354 e. The van der Waals surface area contributed by atoms with E-state index in [0.29, 0.717) is 23.1 Å². The van der Waals surface area contributed by atoms with E-state index in [-0.39, 0.29) is 11.8 Å². The summed E-state index contributed by atoms with van der Waals surface area (Å²) in [6, 6.07) is 9.07. The first-order valence-electron chi connectivity index (χ1n) is 12.1. The van der Waals surface area contributed by atoms with E-state index in [9.17, 15) is 4.79 Å². The van der Waals surface area contributed by atoms with E-state index in [2.05, 4.69) is 29.9 Å². The van der Waals surface area contributed by atoms with Gasteiger partial charge in [0.25, 0.3) is 0 Å². The standard InChI is InChI=1S/C25H26ClN7O2/c26-18-8-4-6-16(12-18)19-13-21(35-31-19)30-25(34)17-7-5-10-32(14-17)23-22-24(28-15-27-23)33-11-3-1-2-9-20(33)29-22/h4,6,8,12-13,15,17H,1-3,5,7,9-11,14H2,(H,30,34)/t17-/m0/s1. The first-order valence-corrected chi connectivity index (χ1v) is 12.5. The van der Waals surface area contributed by atoms with Crippen molar-refractivity contribution in [2.24, 2.45) is 5.92 Å². The third-order valence-electron chi connectivity index (χ3n) is 6.84. The van der Waals surface area contributed by atoms with Crippen LogP contribution in [0.15, 0.2) is 41.2 Å². The molecule has 1 aromatic carbocycles. The molecular formula is C25H26ClN7O2. The highest BCUT2D eigenvalue weighted by molar-refractivity contribution is 6.30. The molecule has 0 unspecified atom stereocenters. The minimum absolute atomic E-state index is 0.0885. The molecule has 1 N–H and O–H groups in total. The molecule has 1 atom stereocenters. The maximum absolute atomic E-state index is 13.1. The number of hydrogen-bond donors (Lipinski definition) is 1. The Kier molecular flexibility index (Phi) is 5.85. The summed E-state index contributed by atoms with van der Waals surface area (Å²) in [4.78, 5) is 29.3. The SMILES string of the molecule is O=C(Nc1cc(-c2cccc(Cl)c2)no1)[C@H]1CCCN(c2ncnc3c2nc2n3CCCCC2)C1. The first-order chi connectivity index (χ1) is 17.2. The molecule has 5 heterocycles. The number of piperidine rings is 1. The van der Waals surface area contributed by atoms with E-state index in [0.717, 1.165) is 73.6 Å². The van der Waals surface area contributed by atoms with Crippen LogP contribution < -0.4 is 10.2 Å². The van der Waals surface area contributed by atoms with Gasteiger partial charge in [-0.2, -0.15) is 0 Å². The Labute approximate surface area is 207 Å². The molecule has 4 aromatic rings. The topological polar surface area (TPSA) is 102 Å². The predicted octanol–water partition coefficient (Wildman–Crippen LogP) is 4.72. The second-order valence-electron chi connectivity index (χ2n) is 9.22. The number of hydrogen-bond acceptors (Lipinski definition) is 7. The number of carbonyl (C=O) groups excluding carboxylic acids is 1. The van der Waals surface area contributed by atoms with Crippen LogP contribution in [-0.4, -0.2) is 43.7 Å². The Balaban J connectivity index is 1.19. The fourth-order valence-corrected chi connectivity index (χ4v) is 5.27. The normalized spacial score (nSPS) is 18.3. The van der Waals surface area contributed by atoms with Crippen molar-refractivity contribution >= 4 is 40.4 Å². The zero-order valence-corrected chi connectivity index (χ0v) is 20.0. The number of fused-ring (bicyclic) bond motifs is 3. The summed E-state index contributed by atoms with van der Waals surface area (Å²) in [7, 11) is 0. The van der Waals surface area contributed by atoms with Gasteiger partial charge in [-0.15, -0.1) is 0 Å². The summed E-state index contributed by atoms with van der Waals surface area (Å²) in [5.41, 5.74) is 3.19. The lowest BCUT2D eigenvalue weighted by Gasteiger charge is -2.32. The number of carbonyl (C=O) groups is 1. The Hall–Kier alpha value is -3.46. The van der Waals surface area contributed by atoms with Crippen LogP contribution in [0.3, 0.4) is 0 Å². The lowest BCUT2D eigenvalue weighted by Crippen LogP contribution is -2.41. The zero-order chi connectivity index (χ0) is 23.8. The highest BCUT2D eigenvalue weighted by Crippen LogP contribution is 2.30. The number of aryl methyl sites for hydroxylation is 2. The minimum atomic E-state index is -0.200. The second kappa shape index (κ2) is 9.30. The first kappa shape index (κ1) is 22.0. The fourth-order valence-electron chi connectivity index (χ4n) is 5.08. The van der Waals surface area contributed by atoms with Crippen molar-refractivity contribution in [2.45, 2.75) is 45.1 Å². The van der Waals surface area contributed by atoms with Crippen molar-refractivity contribution in [1.29, 1.82) is 0 Å². The number of anilines is 2. The van der Waals surface area contributed by atoms with Crippen LogP contribution in [0, 0.1) is 5.92 Å². The van der Waals surface area contributed by atoms with Crippen molar-refractivity contribution < 1.29 is 9.32 Å². The zero-order valence-electron chi connectivity index (χ0n) is 19.3. The molecule has 0 radical (unpaired) electrons. The number of imidazole rings is 1. The van der Waals surface area contributed by atoms with Gasteiger partial charge in [0.05, 0.1) is 5.92 Å². The van der Waals surface area contributed by atoms with Crippen molar-refractivity contribution in [1.82, 2.24) is 24.7 Å². The molecular weight excluding hydrogens is 466 g/mol. The summed E-state index contributed by atoms with van der Waals surface area (Å²) in [5.74, 6) is 1.94. The van der Waals surface area contributed by atoms with Crippen LogP contribution in [0.25, 0.3) is 22.4 Å². The molecule has 180 valence electrons. The van der Waals surface area contributed by atoms with Crippen LogP contribution >= 0.6 is 11.6 Å². The van der Waals surface area contributed by atoms with Crippen molar-refractivity contribution in [3.05, 3.63) is 47.5 Å². The molecule has 1 fully saturated rings. The molecule has 0 spiro atoms. The number of aromatic nitrogens is 5. The second-order valence-corrected chi connectivity index (χ2v) is 9.66. The molecule has 35 heavy (non-hydrogen) atoms. The molecule has 9 nitrogen and oxygen atoms in total. The molecule has 3 aromatic heterocycles. The van der Waals surface area contributed by atoms with E-state index in [1.165, 1.54) is 6.42 Å². The summed E-state index contributed by atoms with van der Waals surface area (Å²) >= 11 is 6.08. The number of rotatable bonds is 4. The van der Waals surface area contributed by atoms with Crippen LogP contribution in [0.4, 0.5) is 11.7 Å². The molecule has 0 saturated carbocycles. The molecule has 2 aliphatic heterocycles. The largest absolute Gasteiger partial charge is 0.354 e. The van der Waals surface area contributed by atoms with Gasteiger partial charge in [-0.25, -0.2) is 15.0 Å². The number of amides is 1. The maximum atomic E-state index is 13.1. The van der Waals surface area contributed by atoms with E-state index >= 15 is 0 Å². The molecule has 1 saturated heterocycles. The van der Waals surface area contributed by atoms with Gasteiger partial charge in [-0.3, -0.25) is 10.1 Å². The predicted molar refractivity (Wildman–Crippen MR) is 133 cm³/mol. The average Bonchev–Trinajstić information content (AvgIpc) is 3.41. The van der Waals surface area contributed by atoms with Gasteiger partial charge >= 0.3 is 0 Å². The van der Waals surface area contributed by atoms with Gasteiger partial charge in [0.15, 0.2) is 17.0 Å². The third-order valence-corrected chi connectivity index (χ3v) is 7.08. The van der Waals surface area contributed by atoms with Crippen molar-refractivity contribution in [3.8, 4) is 11.3 Å². The Morgan fingerprint density at radius 3 is 2.97 bits per heavy atom. The third kappa shape index (κ3) is 4.36. The van der Waals surface area contributed by atoms with Crippen molar-refractivity contribution in [2.75, 3.05) is 23.3 Å². The van der Waals surface area contributed by atoms with Crippen LogP contribution in [-0.2, 0) is 17.8 Å². The van der Waals surface area contributed by atoms with Gasteiger partial charge in [0, 0.05) is 42.7 Å². The summed E-state index contributed by atoms with van der Waals surface area (Å²) in [6.07, 6.45) is 7.79. The molecule has 10 heteroatoms. The van der Waals surface area contributed by atoms with Gasteiger partial charge in [0.2, 0.25) is 11.8 Å². The molecule has 6 rings (SSSR count). The number of benzene rings is 1. The van der Waals surface area contributed by atoms with Gasteiger partial charge in [-0.1, -0.05) is 35.3 Å². The fraction of sp³-hybridized carbons (Fsp3) is 0.400. The van der Waals surface area contributed by atoms with Crippen LogP contribution in [0.1, 0.15) is 37.9 Å². The lowest BCUT2D eigenvalue weighted by atomic mass is 9.97. The number of halogens is 1. The van der Waals surface area contributed by atoms with Crippen LogP contribution in [0.2, 0.25) is 5.02 Å². The highest BCUT2D eigenvalue weighted by Gasteiger charge is 2.29. The quantitative estimate of drug-likeness (QED) is 0.440. The van der Waals surface area contributed by atoms with E-state index < -0.39 is 0 Å². The van der Waals surface area contributed by atoms with Crippen LogP contribution in [0.5, 0.6) is 0 Å². The Bertz CT molecular complexity index is 1380. The summed E-state index contributed by atoms with van der Waals surface area (Å²) in [5, 5.41) is 7.58. The van der Waals surface area contributed by atoms with Gasteiger partial charge in [0.1, 0.15) is 17.8 Å². The van der Waals surface area contributed by atoms with E-state index in [1.54, 1.807) is 18.5 Å². The maximum Gasteiger partial charge on any atom is 0.231 e. The van der Waals surface area contributed by atoms with E-state index in [4.69, 9.17) is 21.1 Å². The average molecular weight is 492 g/mol. The van der Waals surface area contributed by atoms with Gasteiger partial charge < -0.3 is 14.0 Å². The summed E-state index contributed by atoms with van der Waals surface area (Å²) in [6.45, 7) is 2.34. The number of nitrogens with one attached hydrogen (secondary N) is 1. The van der Waals surface area contributed by atoms with E-state index in [1.807, 2.05) is 18.2 Å². The molecule has 2 aliphatic rings. The van der Waals surface area contributed by atoms with Gasteiger partial charge in [-0.05, 0) is 37.8 Å². The molecule has 0 bridgehead atoms.